The number of rotatable bonds is 6. The van der Waals surface area contributed by atoms with Crippen molar-refractivity contribution < 1.29 is 4.42 Å². The second-order valence-corrected chi connectivity index (χ2v) is 14.0. The van der Waals surface area contributed by atoms with Gasteiger partial charge in [0.2, 0.25) is 0 Å². The zero-order chi connectivity index (χ0) is 37.0. The van der Waals surface area contributed by atoms with Crippen LogP contribution in [0.2, 0.25) is 0 Å². The fourth-order valence-electron chi connectivity index (χ4n) is 8.02. The second kappa shape index (κ2) is 13.0. The van der Waals surface area contributed by atoms with E-state index in [9.17, 15) is 0 Å². The van der Waals surface area contributed by atoms with Gasteiger partial charge in [-0.2, -0.15) is 0 Å². The summed E-state index contributed by atoms with van der Waals surface area (Å²) in [7, 11) is 0. The Morgan fingerprint density at radius 2 is 0.875 bits per heavy atom. The van der Waals surface area contributed by atoms with Crippen molar-refractivity contribution in [2.75, 3.05) is 0 Å². The molecule has 0 aliphatic rings. The molecule has 11 rings (SSSR count). The summed E-state index contributed by atoms with van der Waals surface area (Å²) in [5, 5.41) is 4.43. The predicted molar refractivity (Wildman–Crippen MR) is 229 cm³/mol. The number of aromatic nitrogens is 4. The van der Waals surface area contributed by atoms with Crippen molar-refractivity contribution in [2.45, 2.75) is 0 Å². The first-order valence-electron chi connectivity index (χ1n) is 18.8. The van der Waals surface area contributed by atoms with E-state index in [1.54, 1.807) is 0 Å². The number of para-hydroxylation sites is 2. The van der Waals surface area contributed by atoms with E-state index in [2.05, 4.69) is 156 Å². The molecule has 5 nitrogen and oxygen atoms in total. The van der Waals surface area contributed by atoms with Gasteiger partial charge in [0, 0.05) is 38.4 Å². The number of hydrogen-bond donors (Lipinski definition) is 0. The Balaban J connectivity index is 1.09. The topological polar surface area (TPSA) is 56.7 Å². The molecular formula is C51H32N4O. The third-order valence-corrected chi connectivity index (χ3v) is 10.7. The van der Waals surface area contributed by atoms with Crippen molar-refractivity contribution in [3.05, 3.63) is 194 Å². The third kappa shape index (κ3) is 5.29. The predicted octanol–water partition coefficient (Wildman–Crippen LogP) is 13.2. The maximum atomic E-state index is 6.67. The van der Waals surface area contributed by atoms with Crippen molar-refractivity contribution in [2.24, 2.45) is 0 Å². The van der Waals surface area contributed by atoms with E-state index in [1.165, 1.54) is 5.56 Å². The molecule has 5 heteroatoms. The van der Waals surface area contributed by atoms with Gasteiger partial charge in [-0.3, -0.25) is 0 Å². The molecule has 0 bridgehead atoms. The minimum atomic E-state index is 0.621. The van der Waals surface area contributed by atoms with Crippen LogP contribution in [0, 0.1) is 0 Å². The molecule has 8 aromatic carbocycles. The number of hydrogen-bond acceptors (Lipinski definition) is 4. The van der Waals surface area contributed by atoms with E-state index in [0.717, 1.165) is 82.8 Å². The van der Waals surface area contributed by atoms with Crippen LogP contribution in [0.1, 0.15) is 0 Å². The first kappa shape index (κ1) is 31.9. The van der Waals surface area contributed by atoms with E-state index in [0.29, 0.717) is 17.5 Å². The van der Waals surface area contributed by atoms with E-state index in [-0.39, 0.29) is 0 Å². The summed E-state index contributed by atoms with van der Waals surface area (Å²) < 4.78 is 9.03. The highest BCUT2D eigenvalue weighted by atomic mass is 16.3. The Labute approximate surface area is 322 Å². The van der Waals surface area contributed by atoms with Crippen LogP contribution in [0.4, 0.5) is 0 Å². The highest BCUT2D eigenvalue weighted by molar-refractivity contribution is 6.16. The van der Waals surface area contributed by atoms with Crippen LogP contribution >= 0.6 is 0 Å². The summed E-state index contributed by atoms with van der Waals surface area (Å²) in [4.78, 5) is 15.2. The normalized spacial score (nSPS) is 11.6. The number of fused-ring (bicyclic) bond motifs is 6. The fraction of sp³-hybridized carbons (Fsp3) is 0. The Morgan fingerprint density at radius 3 is 1.61 bits per heavy atom. The van der Waals surface area contributed by atoms with Crippen LogP contribution in [-0.4, -0.2) is 19.5 Å². The monoisotopic (exact) mass is 716 g/mol. The van der Waals surface area contributed by atoms with E-state index in [1.807, 2.05) is 42.5 Å². The van der Waals surface area contributed by atoms with Crippen LogP contribution in [0.5, 0.6) is 0 Å². The smallest absolute Gasteiger partial charge is 0.164 e. The lowest BCUT2D eigenvalue weighted by Crippen LogP contribution is -2.00. The molecule has 56 heavy (non-hydrogen) atoms. The summed E-state index contributed by atoms with van der Waals surface area (Å²) in [6.07, 6.45) is 0. The maximum absolute atomic E-state index is 6.67. The molecule has 0 radical (unpaired) electrons. The molecular weight excluding hydrogens is 685 g/mol. The summed E-state index contributed by atoms with van der Waals surface area (Å²) in [6, 6.07) is 67.3. The first-order valence-corrected chi connectivity index (χ1v) is 18.8. The summed E-state index contributed by atoms with van der Waals surface area (Å²) in [5.41, 5.74) is 12.3. The van der Waals surface area contributed by atoms with Crippen molar-refractivity contribution >= 4 is 43.7 Å². The Bertz CT molecular complexity index is 3220. The van der Waals surface area contributed by atoms with Gasteiger partial charge in [0.05, 0.1) is 22.1 Å². The van der Waals surface area contributed by atoms with Crippen LogP contribution in [0.15, 0.2) is 199 Å². The van der Waals surface area contributed by atoms with Crippen molar-refractivity contribution in [3.63, 3.8) is 0 Å². The number of benzene rings is 8. The minimum absolute atomic E-state index is 0.621. The lowest BCUT2D eigenvalue weighted by molar-refractivity contribution is 0.670. The summed E-state index contributed by atoms with van der Waals surface area (Å²) in [5.74, 6) is 1.88. The SMILES string of the molecule is c1ccc(-c2ccc(-c3nc(-c4ccccc4)nc(-c4ccc5c(c4)c4ccccc4n5-c4cccc5oc6c(-c7ccccc7)cccc6c45)n3)cc2)cc1. The molecule has 3 heterocycles. The van der Waals surface area contributed by atoms with Crippen LogP contribution in [-0.2, 0) is 0 Å². The molecule has 0 spiro atoms. The molecule has 11 aromatic rings. The Kier molecular flexibility index (Phi) is 7.42. The van der Waals surface area contributed by atoms with Crippen LogP contribution in [0.25, 0.3) is 106 Å². The summed E-state index contributed by atoms with van der Waals surface area (Å²) >= 11 is 0. The molecule has 0 saturated heterocycles. The van der Waals surface area contributed by atoms with Crippen LogP contribution in [0.3, 0.4) is 0 Å². The molecule has 0 atom stereocenters. The van der Waals surface area contributed by atoms with Crippen molar-refractivity contribution in [1.82, 2.24) is 19.5 Å². The standard InChI is InChI=1S/C51H32N4O/c1-4-14-33(15-5-1)34-26-28-37(29-27-34)50-52-49(36-18-8-3-9-19-36)53-51(54-50)38-30-31-44-42(32-38)40-20-10-11-23-43(40)55(44)45-24-13-25-46-47(45)41-22-12-21-39(48(41)56-46)35-16-6-2-7-17-35/h1-32H. The Hall–Kier alpha value is -7.63. The van der Waals surface area contributed by atoms with Gasteiger partial charge in [0.1, 0.15) is 11.2 Å². The minimum Gasteiger partial charge on any atom is -0.455 e. The van der Waals surface area contributed by atoms with E-state index in [4.69, 9.17) is 19.4 Å². The maximum Gasteiger partial charge on any atom is 0.164 e. The van der Waals surface area contributed by atoms with Gasteiger partial charge in [0.15, 0.2) is 17.5 Å². The number of nitrogens with zero attached hydrogens (tertiary/aromatic N) is 4. The Morgan fingerprint density at radius 1 is 0.357 bits per heavy atom. The van der Waals surface area contributed by atoms with Gasteiger partial charge in [-0.05, 0) is 53.1 Å². The van der Waals surface area contributed by atoms with Gasteiger partial charge in [-0.1, -0.05) is 158 Å². The molecule has 0 saturated carbocycles. The van der Waals surface area contributed by atoms with Gasteiger partial charge in [-0.25, -0.2) is 15.0 Å². The lowest BCUT2D eigenvalue weighted by Gasteiger charge is -2.11. The molecule has 0 aliphatic heterocycles. The second-order valence-electron chi connectivity index (χ2n) is 14.0. The van der Waals surface area contributed by atoms with Gasteiger partial charge in [-0.15, -0.1) is 0 Å². The van der Waals surface area contributed by atoms with Crippen LogP contribution < -0.4 is 0 Å². The van der Waals surface area contributed by atoms with E-state index >= 15 is 0 Å². The average molecular weight is 717 g/mol. The van der Waals surface area contributed by atoms with Crippen molar-refractivity contribution in [3.8, 4) is 62.1 Å². The largest absolute Gasteiger partial charge is 0.455 e. The van der Waals surface area contributed by atoms with Gasteiger partial charge < -0.3 is 8.98 Å². The first-order chi connectivity index (χ1) is 27.8. The quantitative estimate of drug-likeness (QED) is 0.172. The summed E-state index contributed by atoms with van der Waals surface area (Å²) in [6.45, 7) is 0. The van der Waals surface area contributed by atoms with E-state index < -0.39 is 0 Å². The molecule has 0 N–H and O–H groups in total. The molecule has 0 unspecified atom stereocenters. The molecule has 0 amide bonds. The highest BCUT2D eigenvalue weighted by Crippen LogP contribution is 2.42. The number of furan rings is 1. The average Bonchev–Trinajstić information content (AvgIpc) is 3.83. The fourth-order valence-corrected chi connectivity index (χ4v) is 8.02. The lowest BCUT2D eigenvalue weighted by atomic mass is 10.0. The third-order valence-electron chi connectivity index (χ3n) is 10.7. The van der Waals surface area contributed by atoms with Gasteiger partial charge >= 0.3 is 0 Å². The highest BCUT2D eigenvalue weighted by Gasteiger charge is 2.20. The molecule has 0 fully saturated rings. The van der Waals surface area contributed by atoms with Crippen molar-refractivity contribution in [1.29, 1.82) is 0 Å². The molecule has 3 aromatic heterocycles. The zero-order valence-electron chi connectivity index (χ0n) is 30.2. The zero-order valence-corrected chi connectivity index (χ0v) is 30.2. The molecule has 0 aliphatic carbocycles. The van der Waals surface area contributed by atoms with Gasteiger partial charge in [0.25, 0.3) is 0 Å². The molecule has 262 valence electrons.